The van der Waals surface area contributed by atoms with Crippen molar-refractivity contribution >= 4 is 11.7 Å². The van der Waals surface area contributed by atoms with Gasteiger partial charge in [-0.1, -0.05) is 6.07 Å². The number of carbonyl (C=O) groups excluding carboxylic acids is 1. The van der Waals surface area contributed by atoms with Gasteiger partial charge in [0.15, 0.2) is 0 Å². The zero-order chi connectivity index (χ0) is 12.8. The van der Waals surface area contributed by atoms with Gasteiger partial charge in [-0.3, -0.25) is 9.80 Å². The van der Waals surface area contributed by atoms with E-state index in [1.54, 1.807) is 12.1 Å². The minimum absolute atomic E-state index is 0.00162. The molecule has 0 bridgehead atoms. The van der Waals surface area contributed by atoms with Gasteiger partial charge in [-0.05, 0) is 26.0 Å². The predicted molar refractivity (Wildman–Crippen MR) is 65.8 cm³/mol. The van der Waals surface area contributed by atoms with Crippen LogP contribution in [0.3, 0.4) is 0 Å². The number of nitrogens with two attached hydrogens (primary N) is 1. The third-order valence-corrected chi connectivity index (χ3v) is 2.05. The summed E-state index contributed by atoms with van der Waals surface area (Å²) in [6, 6.07) is 7.25. The lowest BCUT2D eigenvalue weighted by atomic mass is 10.3. The first-order valence-electron chi connectivity index (χ1n) is 5.38. The van der Waals surface area contributed by atoms with E-state index in [1.165, 1.54) is 12.1 Å². The lowest BCUT2D eigenvalue weighted by molar-refractivity contribution is -0.138. The molecule has 0 heterocycles. The van der Waals surface area contributed by atoms with E-state index in [0.717, 1.165) is 5.75 Å². The molecule has 5 nitrogen and oxygen atoms in total. The molecule has 1 aromatic rings. The number of methoxy groups -OCH3 is 1. The molecule has 0 atom stereocenters. The Kier molecular flexibility index (Phi) is 4.78. The largest absolute Gasteiger partial charge is 0.491 e. The molecular formula is C12H18N2O3. The third kappa shape index (κ3) is 4.32. The molecule has 0 aromatic heterocycles. The van der Waals surface area contributed by atoms with Crippen molar-refractivity contribution < 1.29 is 14.3 Å². The average molecular weight is 238 g/mol. The minimum Gasteiger partial charge on any atom is -0.491 e. The molecule has 1 rings (SSSR count). The first kappa shape index (κ1) is 13.3. The maximum absolute atomic E-state index is 11.1. The number of ether oxygens (including phenoxy) is 2. The molecular weight excluding hydrogens is 220 g/mol. The number of hydrogen-bond donors (Lipinski definition) is 1. The van der Waals surface area contributed by atoms with Crippen molar-refractivity contribution in [3.8, 4) is 5.75 Å². The van der Waals surface area contributed by atoms with E-state index in [4.69, 9.17) is 10.6 Å². The molecule has 0 radical (unpaired) electrons. The summed E-state index contributed by atoms with van der Waals surface area (Å²) in [6.45, 7) is 3.89. The van der Waals surface area contributed by atoms with Gasteiger partial charge in [-0.25, -0.2) is 5.84 Å². The van der Waals surface area contributed by atoms with Crippen molar-refractivity contribution in [1.82, 2.24) is 0 Å². The second-order valence-electron chi connectivity index (χ2n) is 3.87. The Hall–Kier alpha value is -1.75. The van der Waals surface area contributed by atoms with E-state index in [0.29, 0.717) is 5.69 Å². The Morgan fingerprint density at radius 3 is 2.76 bits per heavy atom. The predicted octanol–water partition coefficient (Wildman–Crippen LogP) is 1.33. The SMILES string of the molecule is COC(=O)CN(N)c1cccc(OC(C)C)c1. The van der Waals surface area contributed by atoms with Gasteiger partial charge < -0.3 is 9.47 Å². The van der Waals surface area contributed by atoms with Gasteiger partial charge in [-0.2, -0.15) is 0 Å². The maximum Gasteiger partial charge on any atom is 0.326 e. The Morgan fingerprint density at radius 2 is 2.18 bits per heavy atom. The summed E-state index contributed by atoms with van der Waals surface area (Å²) >= 11 is 0. The zero-order valence-corrected chi connectivity index (χ0v) is 10.3. The van der Waals surface area contributed by atoms with Gasteiger partial charge in [0.1, 0.15) is 12.3 Å². The number of benzene rings is 1. The molecule has 0 fully saturated rings. The molecule has 0 spiro atoms. The van der Waals surface area contributed by atoms with Crippen LogP contribution in [0.1, 0.15) is 13.8 Å². The third-order valence-electron chi connectivity index (χ3n) is 2.05. The van der Waals surface area contributed by atoms with Crippen molar-refractivity contribution in [3.63, 3.8) is 0 Å². The molecule has 0 aliphatic heterocycles. The van der Waals surface area contributed by atoms with Crippen LogP contribution in [0, 0.1) is 0 Å². The van der Waals surface area contributed by atoms with Crippen LogP contribution in [0.4, 0.5) is 5.69 Å². The van der Waals surface area contributed by atoms with Gasteiger partial charge in [-0.15, -0.1) is 0 Å². The molecule has 0 unspecified atom stereocenters. The number of hydrogen-bond acceptors (Lipinski definition) is 5. The highest BCUT2D eigenvalue weighted by molar-refractivity contribution is 5.75. The maximum atomic E-state index is 11.1. The lowest BCUT2D eigenvalue weighted by Gasteiger charge is -2.18. The van der Waals surface area contributed by atoms with Crippen LogP contribution >= 0.6 is 0 Å². The molecule has 0 aliphatic carbocycles. The summed E-state index contributed by atoms with van der Waals surface area (Å²) < 4.78 is 10.1. The molecule has 1 aromatic carbocycles. The highest BCUT2D eigenvalue weighted by Gasteiger charge is 2.09. The van der Waals surface area contributed by atoms with Gasteiger partial charge in [0, 0.05) is 6.07 Å². The molecule has 0 saturated heterocycles. The summed E-state index contributed by atoms with van der Waals surface area (Å²) in [5.41, 5.74) is 0.702. The van der Waals surface area contributed by atoms with Crippen LogP contribution in [0.25, 0.3) is 0 Å². The first-order valence-corrected chi connectivity index (χ1v) is 5.38. The van der Waals surface area contributed by atoms with Crippen LogP contribution in [0.5, 0.6) is 5.75 Å². The van der Waals surface area contributed by atoms with Crippen LogP contribution in [0.2, 0.25) is 0 Å². The second-order valence-corrected chi connectivity index (χ2v) is 3.87. The fourth-order valence-electron chi connectivity index (χ4n) is 1.30. The molecule has 0 amide bonds. The van der Waals surface area contributed by atoms with Crippen LogP contribution in [-0.4, -0.2) is 25.7 Å². The highest BCUT2D eigenvalue weighted by atomic mass is 16.5. The Bertz CT molecular complexity index is 380. The van der Waals surface area contributed by atoms with Crippen molar-refractivity contribution in [2.24, 2.45) is 5.84 Å². The quantitative estimate of drug-likeness (QED) is 0.476. The average Bonchev–Trinajstić information content (AvgIpc) is 2.28. The van der Waals surface area contributed by atoms with Crippen molar-refractivity contribution in [1.29, 1.82) is 0 Å². The highest BCUT2D eigenvalue weighted by Crippen LogP contribution is 2.20. The van der Waals surface area contributed by atoms with Gasteiger partial charge >= 0.3 is 5.97 Å². The van der Waals surface area contributed by atoms with Crippen molar-refractivity contribution in [3.05, 3.63) is 24.3 Å². The fraction of sp³-hybridized carbons (Fsp3) is 0.417. The first-order chi connectivity index (χ1) is 8.02. The summed E-state index contributed by atoms with van der Waals surface area (Å²) in [4.78, 5) is 11.1. The molecule has 0 saturated carbocycles. The summed E-state index contributed by atoms with van der Waals surface area (Å²) in [5.74, 6) is 6.08. The fourth-order valence-corrected chi connectivity index (χ4v) is 1.30. The molecule has 5 heteroatoms. The van der Waals surface area contributed by atoms with E-state index in [9.17, 15) is 4.79 Å². The van der Waals surface area contributed by atoms with E-state index in [1.807, 2.05) is 26.0 Å². The normalized spacial score (nSPS) is 10.2. The number of anilines is 1. The topological polar surface area (TPSA) is 64.8 Å². The number of esters is 1. The zero-order valence-electron chi connectivity index (χ0n) is 10.3. The van der Waals surface area contributed by atoms with E-state index in [-0.39, 0.29) is 18.6 Å². The molecule has 0 aliphatic rings. The van der Waals surface area contributed by atoms with Gasteiger partial charge in [0.2, 0.25) is 0 Å². The Labute approximate surface area is 101 Å². The molecule has 17 heavy (non-hydrogen) atoms. The lowest BCUT2D eigenvalue weighted by Crippen LogP contribution is -2.36. The minimum atomic E-state index is -0.386. The van der Waals surface area contributed by atoms with E-state index >= 15 is 0 Å². The summed E-state index contributed by atoms with van der Waals surface area (Å²) in [5, 5.41) is 1.32. The van der Waals surface area contributed by atoms with Crippen LogP contribution in [-0.2, 0) is 9.53 Å². The number of nitrogens with zero attached hydrogens (tertiary/aromatic N) is 1. The van der Waals surface area contributed by atoms with Gasteiger partial charge in [0.05, 0.1) is 18.9 Å². The standard InChI is InChI=1S/C12H18N2O3/c1-9(2)17-11-6-4-5-10(7-11)14(13)8-12(15)16-3/h4-7,9H,8,13H2,1-3H3. The van der Waals surface area contributed by atoms with Crippen LogP contribution in [0.15, 0.2) is 24.3 Å². The molecule has 2 N–H and O–H groups in total. The monoisotopic (exact) mass is 238 g/mol. The van der Waals surface area contributed by atoms with Crippen LogP contribution < -0.4 is 15.6 Å². The Morgan fingerprint density at radius 1 is 1.47 bits per heavy atom. The van der Waals surface area contributed by atoms with Gasteiger partial charge in [0.25, 0.3) is 0 Å². The smallest absolute Gasteiger partial charge is 0.326 e. The number of hydrazine groups is 1. The summed E-state index contributed by atoms with van der Waals surface area (Å²) in [7, 11) is 1.33. The second kappa shape index (κ2) is 6.10. The van der Waals surface area contributed by atoms with E-state index in [2.05, 4.69) is 4.74 Å². The number of rotatable bonds is 5. The Balaban J connectivity index is 2.73. The van der Waals surface area contributed by atoms with E-state index < -0.39 is 0 Å². The number of carbonyl (C=O) groups is 1. The van der Waals surface area contributed by atoms with Crippen molar-refractivity contribution in [2.45, 2.75) is 20.0 Å². The molecule has 94 valence electrons. The van der Waals surface area contributed by atoms with Crippen molar-refractivity contribution in [2.75, 3.05) is 18.7 Å². The summed E-state index contributed by atoms with van der Waals surface area (Å²) in [6.07, 6.45) is 0.0945.